The molecule has 1 aromatic carbocycles. The summed E-state index contributed by atoms with van der Waals surface area (Å²) in [4.78, 5) is 57.8. The third-order valence-electron chi connectivity index (χ3n) is 5.86. The molecule has 0 spiro atoms. The molecule has 41 heavy (non-hydrogen) atoms. The molecule has 0 saturated heterocycles. The van der Waals surface area contributed by atoms with Crippen LogP contribution in [0.4, 0.5) is 10.7 Å². The van der Waals surface area contributed by atoms with Gasteiger partial charge in [-0.3, -0.25) is 19.2 Å². The van der Waals surface area contributed by atoms with Crippen LogP contribution in [0.25, 0.3) is 6.08 Å². The number of rotatable bonds is 9. The number of amides is 2. The molecular weight excluding hydrogens is 566 g/mol. The van der Waals surface area contributed by atoms with Crippen LogP contribution in [-0.4, -0.2) is 57.7 Å². The van der Waals surface area contributed by atoms with Gasteiger partial charge < -0.3 is 14.8 Å². The number of nitrogens with zero attached hydrogens (tertiary/aromatic N) is 4. The normalized spacial score (nSPS) is 13.9. The zero-order valence-electron chi connectivity index (χ0n) is 23.2. The average Bonchev–Trinajstić information content (AvgIpc) is 3.55. The molecule has 0 atom stereocenters. The average molecular weight is 596 g/mol. The minimum absolute atomic E-state index is 0.106. The number of thiophene rings is 1. The molecule has 2 amide bonds. The van der Waals surface area contributed by atoms with Crippen LogP contribution in [0.1, 0.15) is 50.7 Å². The van der Waals surface area contributed by atoms with Crippen molar-refractivity contribution in [2.24, 2.45) is 12.0 Å². The van der Waals surface area contributed by atoms with Crippen LogP contribution in [0.5, 0.6) is 0 Å². The Labute approximate surface area is 245 Å². The van der Waals surface area contributed by atoms with Crippen molar-refractivity contribution in [2.75, 3.05) is 29.2 Å². The Morgan fingerprint density at radius 1 is 1.07 bits per heavy atom. The van der Waals surface area contributed by atoms with E-state index < -0.39 is 17.8 Å². The van der Waals surface area contributed by atoms with E-state index in [-0.39, 0.29) is 46.0 Å². The first-order valence-corrected chi connectivity index (χ1v) is 14.5. The van der Waals surface area contributed by atoms with Crippen LogP contribution in [0.2, 0.25) is 0 Å². The summed E-state index contributed by atoms with van der Waals surface area (Å²) in [5.41, 5.74) is 2.80. The first-order valence-electron chi connectivity index (χ1n) is 12.7. The molecule has 0 bridgehead atoms. The van der Waals surface area contributed by atoms with Crippen LogP contribution in [0.15, 0.2) is 47.2 Å². The number of esters is 2. The first-order chi connectivity index (χ1) is 19.6. The lowest BCUT2D eigenvalue weighted by molar-refractivity contribution is -0.114. The number of aryl methyl sites for hydroxylation is 2. The smallest absolute Gasteiger partial charge is 0.348 e. The number of anilines is 2. The summed E-state index contributed by atoms with van der Waals surface area (Å²) in [5.74, 6) is -2.15. The fourth-order valence-corrected chi connectivity index (χ4v) is 5.96. The molecule has 13 heteroatoms. The number of carbonyl (C=O) groups is 4. The second kappa shape index (κ2) is 13.0. The van der Waals surface area contributed by atoms with E-state index in [1.165, 1.54) is 4.90 Å². The summed E-state index contributed by atoms with van der Waals surface area (Å²) in [7, 11) is 1.79. The molecule has 3 aromatic rings. The highest BCUT2D eigenvalue weighted by Crippen LogP contribution is 2.35. The molecule has 0 saturated carbocycles. The van der Waals surface area contributed by atoms with Gasteiger partial charge in [0.25, 0.3) is 5.91 Å². The van der Waals surface area contributed by atoms with Crippen molar-refractivity contribution >= 4 is 68.8 Å². The van der Waals surface area contributed by atoms with E-state index >= 15 is 0 Å². The van der Waals surface area contributed by atoms with Gasteiger partial charge in [-0.1, -0.05) is 30.0 Å². The van der Waals surface area contributed by atoms with Crippen molar-refractivity contribution in [3.8, 4) is 0 Å². The molecular formula is C28H29N5O6S2. The Morgan fingerprint density at radius 2 is 1.76 bits per heavy atom. The molecule has 3 heterocycles. The van der Waals surface area contributed by atoms with Crippen molar-refractivity contribution in [3.63, 3.8) is 0 Å². The number of carbonyl (C=O) groups excluding carboxylic acids is 4. The lowest BCUT2D eigenvalue weighted by Crippen LogP contribution is -2.31. The van der Waals surface area contributed by atoms with Gasteiger partial charge in [0.2, 0.25) is 5.91 Å². The molecule has 1 N–H and O–H groups in total. The summed E-state index contributed by atoms with van der Waals surface area (Å²) in [6.07, 6.45) is 3.47. The Bertz CT molecular complexity index is 1560. The molecule has 214 valence electrons. The molecule has 0 fully saturated rings. The lowest BCUT2D eigenvalue weighted by atomic mass is 10.1. The maximum atomic E-state index is 13.4. The highest BCUT2D eigenvalue weighted by Gasteiger charge is 2.33. The molecule has 1 aliphatic heterocycles. The van der Waals surface area contributed by atoms with E-state index in [2.05, 4.69) is 15.4 Å². The number of nitrogens with one attached hydrogen (secondary N) is 1. The van der Waals surface area contributed by atoms with Crippen molar-refractivity contribution < 1.29 is 28.7 Å². The lowest BCUT2D eigenvalue weighted by Gasteiger charge is -2.17. The number of aliphatic imine (C=N–C) groups is 1. The van der Waals surface area contributed by atoms with Gasteiger partial charge in [-0.25, -0.2) is 14.6 Å². The van der Waals surface area contributed by atoms with Crippen LogP contribution in [0.3, 0.4) is 0 Å². The second-order valence-corrected chi connectivity index (χ2v) is 10.7. The van der Waals surface area contributed by atoms with Gasteiger partial charge in [-0.15, -0.1) is 11.3 Å². The quantitative estimate of drug-likeness (QED) is 0.281. The zero-order valence-corrected chi connectivity index (χ0v) is 24.9. The summed E-state index contributed by atoms with van der Waals surface area (Å²) in [6.45, 7) is 7.09. The van der Waals surface area contributed by atoms with Crippen molar-refractivity contribution in [1.29, 1.82) is 0 Å². The Morgan fingerprint density at radius 3 is 2.39 bits per heavy atom. The van der Waals surface area contributed by atoms with Gasteiger partial charge in [0.1, 0.15) is 15.6 Å². The van der Waals surface area contributed by atoms with Crippen LogP contribution in [0, 0.1) is 13.8 Å². The fraction of sp³-hybridized carbons (Fsp3) is 0.286. The highest BCUT2D eigenvalue weighted by molar-refractivity contribution is 8.14. The van der Waals surface area contributed by atoms with Gasteiger partial charge >= 0.3 is 11.9 Å². The van der Waals surface area contributed by atoms with Crippen molar-refractivity contribution in [1.82, 2.24) is 9.78 Å². The number of hydrogen-bond acceptors (Lipinski definition) is 10. The zero-order chi connectivity index (χ0) is 29.7. The molecule has 2 aromatic heterocycles. The van der Waals surface area contributed by atoms with E-state index in [0.29, 0.717) is 16.4 Å². The number of amidine groups is 1. The molecule has 1 aliphatic rings. The number of ether oxygens (including phenoxy) is 2. The number of aromatic nitrogens is 2. The van der Waals surface area contributed by atoms with Gasteiger partial charge in [-0.2, -0.15) is 5.10 Å². The topological polar surface area (TPSA) is 132 Å². The van der Waals surface area contributed by atoms with Gasteiger partial charge in [0.05, 0.1) is 35.9 Å². The third kappa shape index (κ3) is 6.57. The molecule has 0 radical (unpaired) electrons. The van der Waals surface area contributed by atoms with Crippen molar-refractivity contribution in [3.05, 3.63) is 69.5 Å². The predicted octanol–water partition coefficient (Wildman–Crippen LogP) is 4.57. The highest BCUT2D eigenvalue weighted by atomic mass is 32.2. The molecule has 4 rings (SSSR count). The first kappa shape index (κ1) is 29.7. The minimum atomic E-state index is -0.652. The van der Waals surface area contributed by atoms with Crippen LogP contribution in [-0.2, 0) is 26.1 Å². The Balaban J connectivity index is 1.58. The molecule has 0 unspecified atom stereocenters. The van der Waals surface area contributed by atoms with Crippen molar-refractivity contribution in [2.45, 2.75) is 27.7 Å². The van der Waals surface area contributed by atoms with Gasteiger partial charge in [0.15, 0.2) is 5.17 Å². The summed E-state index contributed by atoms with van der Waals surface area (Å²) in [6, 6.07) is 9.02. The predicted molar refractivity (Wildman–Crippen MR) is 159 cm³/mol. The number of hydrogen-bond donors (Lipinski definition) is 1. The largest absolute Gasteiger partial charge is 0.462 e. The van der Waals surface area contributed by atoms with E-state index in [1.807, 2.05) is 25.1 Å². The minimum Gasteiger partial charge on any atom is -0.462 e. The van der Waals surface area contributed by atoms with E-state index in [4.69, 9.17) is 9.47 Å². The third-order valence-corrected chi connectivity index (χ3v) is 7.99. The summed E-state index contributed by atoms with van der Waals surface area (Å²) < 4.78 is 11.9. The SMILES string of the molecule is CCOC(=O)c1sc(NC(=O)CSC2=NC(=Cc3cn(C)nc3C)C(=O)N2c2ccccc2)c(C(=O)OCC)c1C. The molecule has 11 nitrogen and oxygen atoms in total. The standard InChI is InChI=1S/C28H29N5O6S2/c1-6-38-26(36)22-16(3)23(27(37)39-7-2)41-24(22)30-21(34)15-40-28-29-20(13-18-14-32(5)31-17(18)4)25(35)33(28)19-11-9-8-10-12-19/h8-14H,6-7,15H2,1-5H3,(H,30,34). The Kier molecular flexibility index (Phi) is 9.40. The van der Waals surface area contributed by atoms with E-state index in [1.54, 1.807) is 56.9 Å². The van der Waals surface area contributed by atoms with Gasteiger partial charge in [-0.05, 0) is 51.5 Å². The monoisotopic (exact) mass is 595 g/mol. The maximum Gasteiger partial charge on any atom is 0.348 e. The fourth-order valence-electron chi connectivity index (χ4n) is 4.04. The second-order valence-electron chi connectivity index (χ2n) is 8.78. The summed E-state index contributed by atoms with van der Waals surface area (Å²) >= 11 is 2.02. The van der Waals surface area contributed by atoms with E-state index in [9.17, 15) is 19.2 Å². The summed E-state index contributed by atoms with van der Waals surface area (Å²) in [5, 5.41) is 7.55. The van der Waals surface area contributed by atoms with Gasteiger partial charge in [0, 0.05) is 18.8 Å². The number of para-hydroxylation sites is 1. The van der Waals surface area contributed by atoms with E-state index in [0.717, 1.165) is 34.4 Å². The maximum absolute atomic E-state index is 13.4. The molecule has 0 aliphatic carbocycles. The van der Waals surface area contributed by atoms with Crippen LogP contribution < -0.4 is 10.2 Å². The number of benzene rings is 1. The Hall–Kier alpha value is -4.23. The number of thioether (sulfide) groups is 1. The van der Waals surface area contributed by atoms with Crippen LogP contribution >= 0.6 is 23.1 Å².